The van der Waals surface area contributed by atoms with Crippen LogP contribution in [0.4, 0.5) is 10.5 Å². The molecule has 1 amide bonds. The second-order valence-electron chi connectivity index (χ2n) is 9.31. The Labute approximate surface area is 194 Å². The van der Waals surface area contributed by atoms with E-state index in [-0.39, 0.29) is 21.9 Å². The monoisotopic (exact) mass is 467 g/mol. The minimum atomic E-state index is -3.64. The predicted molar refractivity (Wildman–Crippen MR) is 128 cm³/mol. The molecule has 3 aromatic rings. The molecule has 4 rings (SSSR count). The van der Waals surface area contributed by atoms with Gasteiger partial charge in [0.15, 0.2) is 0 Å². The highest BCUT2D eigenvalue weighted by Crippen LogP contribution is 2.31. The van der Waals surface area contributed by atoms with Gasteiger partial charge in [0.25, 0.3) is 0 Å². The van der Waals surface area contributed by atoms with E-state index in [2.05, 4.69) is 16.8 Å². The minimum absolute atomic E-state index is 0.0476. The first-order valence-corrected chi connectivity index (χ1v) is 12.5. The molecule has 8 heteroatoms. The quantitative estimate of drug-likeness (QED) is 0.564. The van der Waals surface area contributed by atoms with Crippen molar-refractivity contribution in [3.8, 4) is 0 Å². The lowest BCUT2D eigenvalue weighted by molar-refractivity contribution is 0.0219. The summed E-state index contributed by atoms with van der Waals surface area (Å²) in [4.78, 5) is 21.4. The molecule has 0 bridgehead atoms. The molecule has 7 nitrogen and oxygen atoms in total. The number of sulfone groups is 1. The first-order chi connectivity index (χ1) is 15.6. The van der Waals surface area contributed by atoms with Gasteiger partial charge in [-0.25, -0.2) is 13.2 Å². The Morgan fingerprint density at radius 1 is 1.03 bits per heavy atom. The maximum absolute atomic E-state index is 13.0. The zero-order chi connectivity index (χ0) is 23.8. The van der Waals surface area contributed by atoms with Crippen LogP contribution in [-0.2, 0) is 14.6 Å². The van der Waals surface area contributed by atoms with Gasteiger partial charge in [0, 0.05) is 37.3 Å². The van der Waals surface area contributed by atoms with E-state index in [1.807, 2.05) is 39.0 Å². The lowest BCUT2D eigenvalue weighted by Crippen LogP contribution is -2.54. The van der Waals surface area contributed by atoms with Crippen molar-refractivity contribution in [2.45, 2.75) is 49.1 Å². The molecule has 1 aliphatic rings. The number of para-hydroxylation sites is 1. The van der Waals surface area contributed by atoms with E-state index >= 15 is 0 Å². The van der Waals surface area contributed by atoms with Crippen LogP contribution >= 0.6 is 0 Å². The molecule has 0 radical (unpaired) electrons. The number of nitrogens with zero attached hydrogens (tertiary/aromatic N) is 3. The zero-order valence-electron chi connectivity index (χ0n) is 19.4. The van der Waals surface area contributed by atoms with Gasteiger partial charge in [-0.05, 0) is 52.0 Å². The van der Waals surface area contributed by atoms with Crippen LogP contribution in [0.25, 0.3) is 10.9 Å². The molecule has 2 aromatic carbocycles. The molecule has 0 unspecified atom stereocenters. The maximum Gasteiger partial charge on any atom is 0.410 e. The number of carbonyl (C=O) groups excluding carboxylic acids is 1. The molecule has 1 aliphatic heterocycles. The molecule has 1 aromatic heterocycles. The Morgan fingerprint density at radius 3 is 2.42 bits per heavy atom. The number of hydrogen-bond donors (Lipinski definition) is 0. The summed E-state index contributed by atoms with van der Waals surface area (Å²) in [7, 11) is -3.64. The van der Waals surface area contributed by atoms with Crippen LogP contribution in [0, 0.1) is 0 Å². The van der Waals surface area contributed by atoms with Crippen molar-refractivity contribution >= 4 is 32.5 Å². The summed E-state index contributed by atoms with van der Waals surface area (Å²) in [5.74, 6) is 0. The lowest BCUT2D eigenvalue weighted by Gasteiger charge is -2.41. The number of rotatable bonds is 3. The lowest BCUT2D eigenvalue weighted by atomic mass is 10.1. The Bertz CT molecular complexity index is 1270. The van der Waals surface area contributed by atoms with Gasteiger partial charge in [0.1, 0.15) is 5.60 Å². The van der Waals surface area contributed by atoms with Crippen LogP contribution in [-0.4, -0.2) is 55.7 Å². The number of amides is 1. The second-order valence-corrected chi connectivity index (χ2v) is 11.3. The van der Waals surface area contributed by atoms with Crippen molar-refractivity contribution < 1.29 is 17.9 Å². The van der Waals surface area contributed by atoms with Crippen LogP contribution in [0.15, 0.2) is 70.6 Å². The van der Waals surface area contributed by atoms with Crippen molar-refractivity contribution in [3.05, 3.63) is 60.8 Å². The molecule has 1 fully saturated rings. The number of piperazine rings is 1. The van der Waals surface area contributed by atoms with E-state index in [1.54, 1.807) is 41.3 Å². The summed E-state index contributed by atoms with van der Waals surface area (Å²) in [6.45, 7) is 9.34. The largest absolute Gasteiger partial charge is 0.444 e. The smallest absolute Gasteiger partial charge is 0.410 e. The number of carbonyl (C=O) groups is 1. The van der Waals surface area contributed by atoms with Crippen molar-refractivity contribution in [3.63, 3.8) is 0 Å². The van der Waals surface area contributed by atoms with Gasteiger partial charge >= 0.3 is 6.09 Å². The van der Waals surface area contributed by atoms with E-state index in [4.69, 9.17) is 4.74 Å². The fraction of sp³-hybridized carbons (Fsp3) is 0.360. The van der Waals surface area contributed by atoms with E-state index in [0.29, 0.717) is 19.6 Å². The van der Waals surface area contributed by atoms with Gasteiger partial charge in [-0.3, -0.25) is 4.98 Å². The summed E-state index contributed by atoms with van der Waals surface area (Å²) >= 11 is 0. The van der Waals surface area contributed by atoms with E-state index in [9.17, 15) is 13.2 Å². The minimum Gasteiger partial charge on any atom is -0.444 e. The Balaban J connectivity index is 1.60. The summed E-state index contributed by atoms with van der Waals surface area (Å²) in [6, 6.07) is 15.9. The van der Waals surface area contributed by atoms with Crippen LogP contribution in [0.3, 0.4) is 0 Å². The number of pyridine rings is 1. The maximum atomic E-state index is 13.0. The molecule has 1 saturated heterocycles. The first kappa shape index (κ1) is 23.0. The number of aromatic nitrogens is 1. The third kappa shape index (κ3) is 4.80. The molecule has 0 spiro atoms. The van der Waals surface area contributed by atoms with E-state index < -0.39 is 15.4 Å². The third-order valence-electron chi connectivity index (χ3n) is 5.62. The summed E-state index contributed by atoms with van der Waals surface area (Å²) < 4.78 is 31.5. The second kappa shape index (κ2) is 8.67. The highest BCUT2D eigenvalue weighted by molar-refractivity contribution is 7.91. The molecule has 33 heavy (non-hydrogen) atoms. The van der Waals surface area contributed by atoms with E-state index in [0.717, 1.165) is 16.6 Å². The van der Waals surface area contributed by atoms with Gasteiger partial charge in [0.2, 0.25) is 9.84 Å². The Hall–Kier alpha value is -3.13. The molecule has 1 atom stereocenters. The highest BCUT2D eigenvalue weighted by atomic mass is 32.2. The number of hydrogen-bond acceptors (Lipinski definition) is 6. The SMILES string of the molecule is C[C@H]1CN(C(=O)OC(C)(C)C)CCN1c1cccc2cc(S(=O)(=O)c3ccccc3)cnc12. The van der Waals surface area contributed by atoms with Gasteiger partial charge in [0.05, 0.1) is 21.0 Å². The van der Waals surface area contributed by atoms with Crippen molar-refractivity contribution in [1.82, 2.24) is 9.88 Å². The molecule has 0 N–H and O–H groups in total. The number of fused-ring (bicyclic) bond motifs is 1. The van der Waals surface area contributed by atoms with Crippen LogP contribution in [0.1, 0.15) is 27.7 Å². The first-order valence-electron chi connectivity index (χ1n) is 11.0. The predicted octanol–water partition coefficient (Wildman–Crippen LogP) is 4.51. The van der Waals surface area contributed by atoms with Crippen LogP contribution in [0.5, 0.6) is 0 Å². The zero-order valence-corrected chi connectivity index (χ0v) is 20.2. The molecule has 2 heterocycles. The molecule has 174 valence electrons. The summed E-state index contributed by atoms with van der Waals surface area (Å²) in [6.07, 6.45) is 1.12. The average Bonchev–Trinajstić information content (AvgIpc) is 2.78. The Kier molecular flexibility index (Phi) is 6.05. The van der Waals surface area contributed by atoms with Gasteiger partial charge < -0.3 is 14.5 Å². The summed E-state index contributed by atoms with van der Waals surface area (Å²) in [5, 5.41) is 0.756. The number of benzene rings is 2. The number of ether oxygens (including phenoxy) is 1. The molecular formula is C25H29N3O4S. The normalized spacial score (nSPS) is 17.3. The van der Waals surface area contributed by atoms with E-state index in [1.165, 1.54) is 6.20 Å². The van der Waals surface area contributed by atoms with Gasteiger partial charge in [-0.15, -0.1) is 0 Å². The van der Waals surface area contributed by atoms with Crippen molar-refractivity contribution in [2.24, 2.45) is 0 Å². The average molecular weight is 468 g/mol. The Morgan fingerprint density at radius 2 is 1.76 bits per heavy atom. The molecule has 0 aliphatic carbocycles. The van der Waals surface area contributed by atoms with Crippen molar-refractivity contribution in [1.29, 1.82) is 0 Å². The molecule has 0 saturated carbocycles. The summed E-state index contributed by atoms with van der Waals surface area (Å²) in [5.41, 5.74) is 1.13. The highest BCUT2D eigenvalue weighted by Gasteiger charge is 2.31. The molecular weight excluding hydrogens is 438 g/mol. The van der Waals surface area contributed by atoms with Gasteiger partial charge in [-0.1, -0.05) is 30.3 Å². The topological polar surface area (TPSA) is 79.8 Å². The fourth-order valence-electron chi connectivity index (χ4n) is 4.05. The standard InChI is InChI=1S/C25H29N3O4S/c1-18-17-27(24(29)32-25(2,3)4)13-14-28(18)22-12-8-9-19-15-21(16-26-23(19)22)33(30,31)20-10-6-5-7-11-20/h5-12,15-16,18H,13-14,17H2,1-4H3/t18-/m0/s1. The third-order valence-corrected chi connectivity index (χ3v) is 7.35. The van der Waals surface area contributed by atoms with Crippen LogP contribution < -0.4 is 4.90 Å². The fourth-order valence-corrected chi connectivity index (χ4v) is 5.31. The van der Waals surface area contributed by atoms with Gasteiger partial charge in [-0.2, -0.15) is 0 Å². The van der Waals surface area contributed by atoms with Crippen LogP contribution in [0.2, 0.25) is 0 Å². The van der Waals surface area contributed by atoms with Crippen molar-refractivity contribution in [2.75, 3.05) is 24.5 Å². The number of anilines is 1.